The molecule has 7 atom stereocenters. The Hall–Kier alpha value is -1.45. The van der Waals surface area contributed by atoms with E-state index in [4.69, 9.17) is 9.84 Å². The molecule has 2 amide bonds. The molecule has 3 rings (SSSR count). The summed E-state index contributed by atoms with van der Waals surface area (Å²) in [5.74, 6) is -3.40. The number of nitrogens with zero attached hydrogens (tertiary/aromatic N) is 2. The summed E-state index contributed by atoms with van der Waals surface area (Å²) in [6, 6.07) is -0.899. The lowest BCUT2D eigenvalue weighted by atomic mass is 9.70. The highest BCUT2D eigenvalue weighted by molar-refractivity contribution is 9.09. The first-order valence-corrected chi connectivity index (χ1v) is 12.5. The van der Waals surface area contributed by atoms with Crippen LogP contribution in [-0.4, -0.2) is 86.1 Å². The first-order valence-electron chi connectivity index (χ1n) is 11.6. The van der Waals surface area contributed by atoms with Gasteiger partial charge in [0, 0.05) is 30.6 Å². The number of carbonyl (C=O) groups excluding carboxylic acids is 2. The van der Waals surface area contributed by atoms with Crippen molar-refractivity contribution in [1.29, 1.82) is 0 Å². The molecule has 2 N–H and O–H groups in total. The van der Waals surface area contributed by atoms with Crippen molar-refractivity contribution in [1.82, 2.24) is 9.80 Å². The predicted octanol–water partition coefficient (Wildman–Crippen LogP) is 2.18. The van der Waals surface area contributed by atoms with Crippen LogP contribution in [0.3, 0.4) is 0 Å². The van der Waals surface area contributed by atoms with Crippen LogP contribution in [-0.2, 0) is 19.1 Å². The van der Waals surface area contributed by atoms with E-state index in [1.165, 1.54) is 0 Å². The molecule has 3 aliphatic heterocycles. The van der Waals surface area contributed by atoms with E-state index < -0.39 is 35.6 Å². The molecule has 3 aliphatic rings. The lowest BCUT2D eigenvalue weighted by molar-refractivity contribution is -0.151. The Balaban J connectivity index is 2.00. The van der Waals surface area contributed by atoms with Crippen molar-refractivity contribution in [3.63, 3.8) is 0 Å². The maximum atomic E-state index is 14.0. The maximum Gasteiger partial charge on any atom is 0.310 e. The van der Waals surface area contributed by atoms with Crippen molar-refractivity contribution >= 4 is 33.7 Å². The summed E-state index contributed by atoms with van der Waals surface area (Å²) < 4.78 is 6.30. The summed E-state index contributed by atoms with van der Waals surface area (Å²) in [7, 11) is 0. The fourth-order valence-corrected chi connectivity index (χ4v) is 6.80. The fraction of sp³-hybridized carbons (Fsp3) is 0.783. The second-order valence-electron chi connectivity index (χ2n) is 9.23. The van der Waals surface area contributed by atoms with E-state index in [2.05, 4.69) is 29.4 Å². The molecule has 8 nitrogen and oxygen atoms in total. The smallest absolute Gasteiger partial charge is 0.310 e. The summed E-state index contributed by atoms with van der Waals surface area (Å²) in [4.78, 5) is 42.8. The molecular formula is C23H35BrN2O6. The molecule has 180 valence electrons. The maximum absolute atomic E-state index is 14.0. The molecule has 3 heterocycles. The van der Waals surface area contributed by atoms with Gasteiger partial charge >= 0.3 is 5.97 Å². The number of aliphatic carboxylic acids is 1. The molecule has 9 heteroatoms. The number of amides is 2. The average Bonchev–Trinajstić information content (AvgIpc) is 3.33. The number of hydrogen-bond acceptors (Lipinski definition) is 5. The van der Waals surface area contributed by atoms with Crippen molar-refractivity contribution in [3.8, 4) is 0 Å². The van der Waals surface area contributed by atoms with Crippen LogP contribution in [0.4, 0.5) is 0 Å². The molecule has 0 radical (unpaired) electrons. The number of fused-ring (bicyclic) bond motifs is 1. The molecule has 1 spiro atoms. The normalized spacial score (nSPS) is 33.9. The number of ether oxygens (including phenoxy) is 1. The highest BCUT2D eigenvalue weighted by atomic mass is 79.9. The summed E-state index contributed by atoms with van der Waals surface area (Å²) in [5.41, 5.74) is -1.14. The standard InChI is InChI=1S/C23H35BrN2O6/c1-4-9-14(3)25(10-5-2)21(29)19-23-13-15(24)18(32-23)16(22(30)31)17(23)20(28)26(19)11-7-6-8-12-27/h5,14-19,27H,2,4,6-13H2,1,3H3,(H,30,31)/t14?,15?,16-,17+,18-,19-,23+/m0/s1. The molecule has 2 unspecified atom stereocenters. The largest absolute Gasteiger partial charge is 0.481 e. The van der Waals surface area contributed by atoms with Gasteiger partial charge in [0.25, 0.3) is 0 Å². The Labute approximate surface area is 198 Å². The summed E-state index contributed by atoms with van der Waals surface area (Å²) in [5, 5.41) is 19.0. The number of rotatable bonds is 12. The van der Waals surface area contributed by atoms with Crippen molar-refractivity contribution in [2.24, 2.45) is 11.8 Å². The molecule has 0 aliphatic carbocycles. The number of carbonyl (C=O) groups is 3. The number of aliphatic hydroxyl groups is 1. The van der Waals surface area contributed by atoms with Gasteiger partial charge in [-0.3, -0.25) is 14.4 Å². The zero-order valence-electron chi connectivity index (χ0n) is 18.9. The SMILES string of the molecule is C=CCN(C(=O)[C@@H]1N(CCCCCO)C(=O)[C@H]2[C@H](C(=O)O)[C@H]3O[C@@]12CC3Br)C(C)CCC. The van der Waals surface area contributed by atoms with E-state index in [0.29, 0.717) is 38.8 Å². The lowest BCUT2D eigenvalue weighted by Crippen LogP contribution is -2.58. The molecule has 32 heavy (non-hydrogen) atoms. The van der Waals surface area contributed by atoms with Gasteiger partial charge in [0.15, 0.2) is 0 Å². The van der Waals surface area contributed by atoms with E-state index >= 15 is 0 Å². The number of likely N-dealkylation sites (tertiary alicyclic amines) is 1. The highest BCUT2D eigenvalue weighted by Gasteiger charge is 2.76. The van der Waals surface area contributed by atoms with Gasteiger partial charge in [-0.1, -0.05) is 35.4 Å². The molecular weight excluding hydrogens is 480 g/mol. The van der Waals surface area contributed by atoms with Gasteiger partial charge in [0.2, 0.25) is 11.8 Å². The number of alkyl halides is 1. The van der Waals surface area contributed by atoms with Gasteiger partial charge in [0.05, 0.1) is 17.9 Å². The lowest BCUT2D eigenvalue weighted by Gasteiger charge is -2.39. The number of halogens is 1. The van der Waals surface area contributed by atoms with Gasteiger partial charge in [-0.15, -0.1) is 6.58 Å². The van der Waals surface area contributed by atoms with Gasteiger partial charge in [-0.25, -0.2) is 0 Å². The van der Waals surface area contributed by atoms with Crippen molar-refractivity contribution < 1.29 is 29.3 Å². The topological polar surface area (TPSA) is 107 Å². The van der Waals surface area contributed by atoms with Crippen LogP contribution in [0.25, 0.3) is 0 Å². The Morgan fingerprint density at radius 1 is 1.41 bits per heavy atom. The first kappa shape index (κ1) is 25.2. The first-order chi connectivity index (χ1) is 15.2. The molecule has 3 fully saturated rings. The van der Waals surface area contributed by atoms with Crippen molar-refractivity contribution in [2.75, 3.05) is 19.7 Å². The van der Waals surface area contributed by atoms with Gasteiger partial charge in [0.1, 0.15) is 11.6 Å². The number of hydrogen-bond donors (Lipinski definition) is 2. The second kappa shape index (κ2) is 10.2. The zero-order chi connectivity index (χ0) is 23.6. The number of carboxylic acids is 1. The summed E-state index contributed by atoms with van der Waals surface area (Å²) >= 11 is 3.56. The number of carboxylic acid groups (broad SMARTS) is 1. The van der Waals surface area contributed by atoms with E-state index in [1.54, 1.807) is 15.9 Å². The van der Waals surface area contributed by atoms with Crippen LogP contribution in [0.1, 0.15) is 52.4 Å². The molecule has 0 saturated carbocycles. The Kier molecular flexibility index (Phi) is 8.04. The summed E-state index contributed by atoms with van der Waals surface area (Å²) in [6.45, 7) is 8.61. The van der Waals surface area contributed by atoms with Crippen LogP contribution in [0.5, 0.6) is 0 Å². The Morgan fingerprint density at radius 2 is 2.12 bits per heavy atom. The van der Waals surface area contributed by atoms with E-state index in [0.717, 1.165) is 12.8 Å². The van der Waals surface area contributed by atoms with Gasteiger partial charge < -0.3 is 24.7 Å². The van der Waals surface area contributed by atoms with Crippen molar-refractivity contribution in [3.05, 3.63) is 12.7 Å². The third kappa shape index (κ3) is 4.12. The molecule has 0 aromatic heterocycles. The molecule has 0 aromatic carbocycles. The minimum atomic E-state index is -1.14. The van der Waals surface area contributed by atoms with Crippen LogP contribution in [0, 0.1) is 11.8 Å². The van der Waals surface area contributed by atoms with Crippen LogP contribution >= 0.6 is 15.9 Å². The second-order valence-corrected chi connectivity index (χ2v) is 10.4. The monoisotopic (exact) mass is 514 g/mol. The quantitative estimate of drug-likeness (QED) is 0.235. The van der Waals surface area contributed by atoms with E-state index in [-0.39, 0.29) is 29.3 Å². The summed E-state index contributed by atoms with van der Waals surface area (Å²) in [6.07, 6.45) is 5.16. The third-order valence-electron chi connectivity index (χ3n) is 7.21. The number of unbranched alkanes of at least 4 members (excludes halogenated alkanes) is 2. The minimum absolute atomic E-state index is 0.0408. The van der Waals surface area contributed by atoms with Gasteiger partial charge in [-0.05, 0) is 39.0 Å². The molecule has 2 bridgehead atoms. The molecule has 3 saturated heterocycles. The highest BCUT2D eigenvalue weighted by Crippen LogP contribution is 2.60. The number of aliphatic hydroxyl groups excluding tert-OH is 1. The van der Waals surface area contributed by atoms with Crippen LogP contribution < -0.4 is 0 Å². The van der Waals surface area contributed by atoms with Crippen molar-refractivity contribution in [2.45, 2.75) is 81.0 Å². The predicted molar refractivity (Wildman–Crippen MR) is 122 cm³/mol. The van der Waals surface area contributed by atoms with E-state index in [1.807, 2.05) is 6.92 Å². The average molecular weight is 515 g/mol. The zero-order valence-corrected chi connectivity index (χ0v) is 20.5. The van der Waals surface area contributed by atoms with Crippen LogP contribution in [0.2, 0.25) is 0 Å². The van der Waals surface area contributed by atoms with E-state index in [9.17, 15) is 19.5 Å². The molecule has 0 aromatic rings. The third-order valence-corrected chi connectivity index (χ3v) is 8.06. The minimum Gasteiger partial charge on any atom is -0.481 e. The Morgan fingerprint density at radius 3 is 2.72 bits per heavy atom. The Bertz CT molecular complexity index is 748. The van der Waals surface area contributed by atoms with Gasteiger partial charge in [-0.2, -0.15) is 0 Å². The van der Waals surface area contributed by atoms with Crippen LogP contribution in [0.15, 0.2) is 12.7 Å². The fourth-order valence-electron chi connectivity index (χ4n) is 5.86.